The number of piperidine rings is 1. The minimum absolute atomic E-state index is 0.00763. The van der Waals surface area contributed by atoms with Crippen LogP contribution in [0.4, 0.5) is 23.7 Å². The van der Waals surface area contributed by atoms with Crippen molar-refractivity contribution in [3.8, 4) is 5.75 Å². The number of alkyl halides is 3. The summed E-state index contributed by atoms with van der Waals surface area (Å²) in [6.45, 7) is 8.13. The first-order valence-electron chi connectivity index (χ1n) is 9.98. The van der Waals surface area contributed by atoms with E-state index in [4.69, 9.17) is 4.74 Å². The van der Waals surface area contributed by atoms with E-state index in [1.165, 1.54) is 18.2 Å². The molecule has 162 valence electrons. The molecule has 6 nitrogen and oxygen atoms in total. The van der Waals surface area contributed by atoms with E-state index in [1.54, 1.807) is 11.0 Å². The molecule has 2 aliphatic heterocycles. The van der Waals surface area contributed by atoms with Crippen molar-refractivity contribution >= 4 is 11.7 Å². The van der Waals surface area contributed by atoms with Crippen LogP contribution in [-0.4, -0.2) is 67.1 Å². The van der Waals surface area contributed by atoms with Gasteiger partial charge in [0.1, 0.15) is 0 Å². The van der Waals surface area contributed by atoms with Crippen LogP contribution in [0.15, 0.2) is 24.3 Å². The molecule has 2 saturated heterocycles. The molecule has 9 heteroatoms. The van der Waals surface area contributed by atoms with Crippen molar-refractivity contribution in [1.82, 2.24) is 9.80 Å². The van der Waals surface area contributed by atoms with Crippen molar-refractivity contribution in [2.24, 2.45) is 5.92 Å². The third kappa shape index (κ3) is 6.50. The molecule has 0 aromatic heterocycles. The summed E-state index contributed by atoms with van der Waals surface area (Å²) in [6, 6.07) is 5.15. The van der Waals surface area contributed by atoms with E-state index in [2.05, 4.69) is 28.8 Å². The molecule has 2 amide bonds. The highest BCUT2D eigenvalue weighted by Gasteiger charge is 2.33. The number of hydrogen-bond donors (Lipinski definition) is 1. The average molecular weight is 415 g/mol. The fourth-order valence-corrected chi connectivity index (χ4v) is 4.10. The smallest absolute Gasteiger partial charge is 0.404 e. The molecular weight excluding hydrogens is 387 g/mol. The Morgan fingerprint density at radius 2 is 1.79 bits per heavy atom. The predicted molar refractivity (Wildman–Crippen MR) is 103 cm³/mol. The van der Waals surface area contributed by atoms with Gasteiger partial charge in [-0.1, -0.05) is 12.1 Å². The van der Waals surface area contributed by atoms with Crippen LogP contribution in [0.3, 0.4) is 0 Å². The zero-order valence-corrected chi connectivity index (χ0v) is 16.7. The fraction of sp³-hybridized carbons (Fsp3) is 0.650. The van der Waals surface area contributed by atoms with E-state index in [1.807, 2.05) is 0 Å². The van der Waals surface area contributed by atoms with Crippen LogP contribution in [-0.2, 0) is 4.74 Å². The number of amides is 2. The minimum Gasteiger partial charge on any atom is -0.404 e. The van der Waals surface area contributed by atoms with Crippen molar-refractivity contribution in [2.45, 2.75) is 45.3 Å². The lowest BCUT2D eigenvalue weighted by atomic mass is 9.96. The molecule has 0 bridgehead atoms. The van der Waals surface area contributed by atoms with Gasteiger partial charge in [-0.3, -0.25) is 4.90 Å². The lowest BCUT2D eigenvalue weighted by Gasteiger charge is -2.39. The Bertz CT molecular complexity index is 683. The van der Waals surface area contributed by atoms with Gasteiger partial charge in [0.2, 0.25) is 0 Å². The number of carbonyl (C=O) groups excluding carboxylic acids is 1. The number of nitrogens with zero attached hydrogens (tertiary/aromatic N) is 2. The first-order valence-corrected chi connectivity index (χ1v) is 9.98. The Morgan fingerprint density at radius 3 is 2.41 bits per heavy atom. The van der Waals surface area contributed by atoms with Gasteiger partial charge in [0.25, 0.3) is 0 Å². The normalized spacial score (nSPS) is 24.4. The minimum atomic E-state index is -4.81. The van der Waals surface area contributed by atoms with Crippen molar-refractivity contribution in [1.29, 1.82) is 0 Å². The Labute approximate surface area is 168 Å². The number of urea groups is 1. The highest BCUT2D eigenvalue weighted by molar-refractivity contribution is 5.91. The van der Waals surface area contributed by atoms with E-state index < -0.39 is 18.1 Å². The van der Waals surface area contributed by atoms with Crippen LogP contribution in [0.2, 0.25) is 0 Å². The third-order valence-corrected chi connectivity index (χ3v) is 5.27. The van der Waals surface area contributed by atoms with Gasteiger partial charge in [-0.2, -0.15) is 0 Å². The van der Waals surface area contributed by atoms with Crippen molar-refractivity contribution in [3.63, 3.8) is 0 Å². The highest BCUT2D eigenvalue weighted by atomic mass is 19.4. The molecule has 2 heterocycles. The average Bonchev–Trinajstić information content (AvgIpc) is 2.62. The number of benzene rings is 1. The molecule has 2 fully saturated rings. The number of halogens is 3. The first-order chi connectivity index (χ1) is 13.7. The molecule has 2 aliphatic rings. The maximum Gasteiger partial charge on any atom is 0.573 e. The molecule has 0 spiro atoms. The fourth-order valence-electron chi connectivity index (χ4n) is 4.10. The second-order valence-electron chi connectivity index (χ2n) is 7.88. The van der Waals surface area contributed by atoms with Crippen LogP contribution in [0.5, 0.6) is 5.75 Å². The Morgan fingerprint density at radius 1 is 1.17 bits per heavy atom. The number of morpholine rings is 1. The number of ether oxygens (including phenoxy) is 2. The molecule has 0 aliphatic carbocycles. The molecule has 1 aromatic rings. The summed E-state index contributed by atoms with van der Waals surface area (Å²) < 4.78 is 47.4. The summed E-state index contributed by atoms with van der Waals surface area (Å²) in [7, 11) is 0. The Hall–Kier alpha value is -2.00. The van der Waals surface area contributed by atoms with Gasteiger partial charge in [0.05, 0.1) is 17.9 Å². The van der Waals surface area contributed by atoms with Gasteiger partial charge in [-0.15, -0.1) is 13.2 Å². The van der Waals surface area contributed by atoms with E-state index in [-0.39, 0.29) is 17.9 Å². The summed E-state index contributed by atoms with van der Waals surface area (Å²) in [5.74, 6) is 0.0798. The molecule has 2 atom stereocenters. The second kappa shape index (κ2) is 9.21. The Balaban J connectivity index is 1.49. The van der Waals surface area contributed by atoms with Crippen LogP contribution in [0, 0.1) is 5.92 Å². The number of nitrogens with one attached hydrogen (secondary N) is 1. The number of carbonyl (C=O) groups is 1. The molecule has 0 saturated carbocycles. The second-order valence-corrected chi connectivity index (χ2v) is 7.88. The number of anilines is 1. The lowest BCUT2D eigenvalue weighted by Crippen LogP contribution is -2.49. The summed E-state index contributed by atoms with van der Waals surface area (Å²) in [5.41, 5.74) is 0.00763. The van der Waals surface area contributed by atoms with E-state index in [9.17, 15) is 18.0 Å². The summed E-state index contributed by atoms with van der Waals surface area (Å²) >= 11 is 0. The van der Waals surface area contributed by atoms with E-state index >= 15 is 0 Å². The standard InChI is InChI=1S/C20H28F3N3O3/c1-14-11-25(12-15(2)28-14)13-16-7-9-26(10-8-16)19(27)24-17-5-3-4-6-18(17)29-20(21,22)23/h3-6,14-16H,7-13H2,1-2H3,(H,24,27). The van der Waals surface area contributed by atoms with Crippen LogP contribution < -0.4 is 10.1 Å². The number of para-hydroxylation sites is 2. The van der Waals surface area contributed by atoms with Crippen LogP contribution in [0.1, 0.15) is 26.7 Å². The predicted octanol–water partition coefficient (Wildman–Crippen LogP) is 3.94. The van der Waals surface area contributed by atoms with Gasteiger partial charge >= 0.3 is 12.4 Å². The zero-order chi connectivity index (χ0) is 21.0. The Kier molecular flexibility index (Phi) is 6.89. The monoisotopic (exact) mass is 415 g/mol. The van der Waals surface area contributed by atoms with E-state index in [0.717, 1.165) is 32.5 Å². The maximum absolute atomic E-state index is 12.5. The zero-order valence-electron chi connectivity index (χ0n) is 16.7. The summed E-state index contributed by atoms with van der Waals surface area (Å²) in [5, 5.41) is 2.55. The lowest BCUT2D eigenvalue weighted by molar-refractivity contribution is -0.274. The number of likely N-dealkylation sites (tertiary alicyclic amines) is 1. The van der Waals surface area contributed by atoms with Crippen molar-refractivity contribution in [3.05, 3.63) is 24.3 Å². The number of rotatable bonds is 4. The molecule has 0 radical (unpaired) electrons. The summed E-state index contributed by atoms with van der Waals surface area (Å²) in [6.07, 6.45) is -2.62. The quantitative estimate of drug-likeness (QED) is 0.810. The topological polar surface area (TPSA) is 54.0 Å². The molecule has 1 aromatic carbocycles. The molecule has 29 heavy (non-hydrogen) atoms. The molecular formula is C20H28F3N3O3. The van der Waals surface area contributed by atoms with Crippen LogP contribution >= 0.6 is 0 Å². The summed E-state index contributed by atoms with van der Waals surface area (Å²) in [4.78, 5) is 16.6. The van der Waals surface area contributed by atoms with Gasteiger partial charge in [0.15, 0.2) is 5.75 Å². The van der Waals surface area contributed by atoms with Gasteiger partial charge < -0.3 is 19.7 Å². The first kappa shape index (κ1) is 21.7. The molecule has 1 N–H and O–H groups in total. The number of hydrogen-bond acceptors (Lipinski definition) is 4. The van der Waals surface area contributed by atoms with E-state index in [0.29, 0.717) is 19.0 Å². The molecule has 3 rings (SSSR count). The van der Waals surface area contributed by atoms with Gasteiger partial charge in [-0.05, 0) is 44.7 Å². The van der Waals surface area contributed by atoms with Crippen molar-refractivity contribution < 1.29 is 27.4 Å². The third-order valence-electron chi connectivity index (χ3n) is 5.27. The van der Waals surface area contributed by atoms with Crippen LogP contribution in [0.25, 0.3) is 0 Å². The SMILES string of the molecule is CC1CN(CC2CCN(C(=O)Nc3ccccc3OC(F)(F)F)CC2)CC(C)O1. The van der Waals surface area contributed by atoms with Crippen molar-refractivity contribution in [2.75, 3.05) is 38.0 Å². The van der Waals surface area contributed by atoms with Gasteiger partial charge in [-0.25, -0.2) is 4.79 Å². The molecule has 2 unspecified atom stereocenters. The highest BCUT2D eigenvalue weighted by Crippen LogP contribution is 2.30. The largest absolute Gasteiger partial charge is 0.573 e. The maximum atomic E-state index is 12.5. The van der Waals surface area contributed by atoms with Gasteiger partial charge in [0, 0.05) is 32.7 Å².